The van der Waals surface area contributed by atoms with E-state index in [0.717, 1.165) is 18.1 Å². The molecule has 5 heteroatoms. The predicted octanol–water partition coefficient (Wildman–Crippen LogP) is 3.25. The number of aryl methyl sites for hydroxylation is 2. The number of carbonyl (C=O) groups is 1. The Morgan fingerprint density at radius 1 is 1.41 bits per heavy atom. The Labute approximate surface area is 130 Å². The van der Waals surface area contributed by atoms with Crippen LogP contribution in [-0.2, 0) is 6.54 Å². The van der Waals surface area contributed by atoms with Gasteiger partial charge in [-0.25, -0.2) is 0 Å². The standard InChI is InChI=1S/C17H21N3O2/c1-3-20-15(10-12(2)19-20)17(21)18-14-6-4-5-7-16(14)22-11-13-8-9-13/h4-7,10,13H,3,8-9,11H2,1-2H3,(H,18,21). The van der Waals surface area contributed by atoms with Gasteiger partial charge in [-0.3, -0.25) is 9.48 Å². The van der Waals surface area contributed by atoms with E-state index in [-0.39, 0.29) is 5.91 Å². The zero-order valence-corrected chi connectivity index (χ0v) is 13.0. The number of ether oxygens (including phenoxy) is 1. The van der Waals surface area contributed by atoms with Crippen LogP contribution in [0.1, 0.15) is 35.9 Å². The number of amides is 1. The van der Waals surface area contributed by atoms with Gasteiger partial charge in [0.25, 0.3) is 5.91 Å². The van der Waals surface area contributed by atoms with Crippen LogP contribution >= 0.6 is 0 Å². The third-order valence-electron chi connectivity index (χ3n) is 3.74. The van der Waals surface area contributed by atoms with Crippen LogP contribution < -0.4 is 10.1 Å². The van der Waals surface area contributed by atoms with Crippen molar-refractivity contribution in [2.75, 3.05) is 11.9 Å². The average Bonchev–Trinajstić information content (AvgIpc) is 3.27. The molecule has 2 aromatic rings. The lowest BCUT2D eigenvalue weighted by molar-refractivity contribution is 0.101. The minimum absolute atomic E-state index is 0.162. The highest BCUT2D eigenvalue weighted by molar-refractivity contribution is 6.03. The molecule has 116 valence electrons. The van der Waals surface area contributed by atoms with Crippen molar-refractivity contribution in [2.45, 2.75) is 33.2 Å². The van der Waals surface area contributed by atoms with Crippen molar-refractivity contribution in [3.05, 3.63) is 41.7 Å². The van der Waals surface area contributed by atoms with Gasteiger partial charge in [-0.1, -0.05) is 12.1 Å². The van der Waals surface area contributed by atoms with E-state index in [2.05, 4.69) is 10.4 Å². The second-order valence-corrected chi connectivity index (χ2v) is 5.69. The van der Waals surface area contributed by atoms with Crippen LogP contribution in [0.15, 0.2) is 30.3 Å². The van der Waals surface area contributed by atoms with E-state index in [1.54, 1.807) is 10.7 Å². The second kappa shape index (κ2) is 6.22. The van der Waals surface area contributed by atoms with Crippen molar-refractivity contribution in [3.63, 3.8) is 0 Å². The third-order valence-corrected chi connectivity index (χ3v) is 3.74. The van der Waals surface area contributed by atoms with Crippen LogP contribution in [0, 0.1) is 12.8 Å². The SMILES string of the molecule is CCn1nc(C)cc1C(=O)Nc1ccccc1OCC1CC1. The number of benzene rings is 1. The van der Waals surface area contributed by atoms with Gasteiger partial charge >= 0.3 is 0 Å². The van der Waals surface area contributed by atoms with Gasteiger partial charge in [0.15, 0.2) is 0 Å². The summed E-state index contributed by atoms with van der Waals surface area (Å²) in [4.78, 5) is 12.5. The lowest BCUT2D eigenvalue weighted by Crippen LogP contribution is -2.18. The molecule has 1 fully saturated rings. The predicted molar refractivity (Wildman–Crippen MR) is 85.3 cm³/mol. The fourth-order valence-corrected chi connectivity index (χ4v) is 2.34. The molecule has 1 aromatic carbocycles. The van der Waals surface area contributed by atoms with Crippen molar-refractivity contribution in [2.24, 2.45) is 5.92 Å². The molecule has 1 aliphatic rings. The van der Waals surface area contributed by atoms with Crippen molar-refractivity contribution in [1.82, 2.24) is 9.78 Å². The van der Waals surface area contributed by atoms with Crippen LogP contribution in [0.25, 0.3) is 0 Å². The normalized spacial score (nSPS) is 13.9. The first-order chi connectivity index (χ1) is 10.7. The zero-order valence-electron chi connectivity index (χ0n) is 13.0. The van der Waals surface area contributed by atoms with Crippen molar-refractivity contribution in [1.29, 1.82) is 0 Å². The summed E-state index contributed by atoms with van der Waals surface area (Å²) in [6.45, 7) is 5.24. The molecule has 0 spiro atoms. The van der Waals surface area contributed by atoms with E-state index in [9.17, 15) is 4.79 Å². The molecule has 3 rings (SSSR count). The van der Waals surface area contributed by atoms with Gasteiger partial charge in [0.2, 0.25) is 0 Å². The Balaban J connectivity index is 1.75. The Morgan fingerprint density at radius 3 is 2.91 bits per heavy atom. The van der Waals surface area contributed by atoms with Crippen LogP contribution in [0.4, 0.5) is 5.69 Å². The van der Waals surface area contributed by atoms with Gasteiger partial charge in [0.05, 0.1) is 18.0 Å². The van der Waals surface area contributed by atoms with Crippen LogP contribution in [0.5, 0.6) is 5.75 Å². The molecule has 1 aromatic heterocycles. The van der Waals surface area contributed by atoms with E-state index in [4.69, 9.17) is 4.74 Å². The van der Waals surface area contributed by atoms with Crippen LogP contribution in [0.2, 0.25) is 0 Å². The van der Waals surface area contributed by atoms with E-state index >= 15 is 0 Å². The molecule has 1 saturated carbocycles. The molecule has 0 atom stereocenters. The first-order valence-electron chi connectivity index (χ1n) is 7.75. The molecule has 0 aliphatic heterocycles. The zero-order chi connectivity index (χ0) is 15.5. The molecule has 5 nitrogen and oxygen atoms in total. The number of hydrogen-bond acceptors (Lipinski definition) is 3. The molecule has 1 amide bonds. The van der Waals surface area contributed by atoms with Crippen LogP contribution in [0.3, 0.4) is 0 Å². The summed E-state index contributed by atoms with van der Waals surface area (Å²) < 4.78 is 7.53. The highest BCUT2D eigenvalue weighted by atomic mass is 16.5. The number of anilines is 1. The number of nitrogens with zero attached hydrogens (tertiary/aromatic N) is 2. The summed E-state index contributed by atoms with van der Waals surface area (Å²) in [5, 5.41) is 7.24. The Kier molecular flexibility index (Phi) is 4.13. The molecule has 1 N–H and O–H groups in total. The highest BCUT2D eigenvalue weighted by Gasteiger charge is 2.22. The number of rotatable bonds is 6. The van der Waals surface area contributed by atoms with Crippen molar-refractivity contribution >= 4 is 11.6 Å². The summed E-state index contributed by atoms with van der Waals surface area (Å²) in [5.74, 6) is 1.24. The molecule has 0 radical (unpaired) electrons. The lowest BCUT2D eigenvalue weighted by Gasteiger charge is -2.12. The first-order valence-corrected chi connectivity index (χ1v) is 7.75. The van der Waals surface area contributed by atoms with Gasteiger partial charge in [0.1, 0.15) is 11.4 Å². The summed E-state index contributed by atoms with van der Waals surface area (Å²) >= 11 is 0. The third kappa shape index (κ3) is 3.30. The second-order valence-electron chi connectivity index (χ2n) is 5.69. The Hall–Kier alpha value is -2.30. The Morgan fingerprint density at radius 2 is 2.18 bits per heavy atom. The number of para-hydroxylation sites is 2. The Bertz CT molecular complexity index is 674. The molecule has 1 heterocycles. The average molecular weight is 299 g/mol. The van der Waals surface area contributed by atoms with Gasteiger partial charge < -0.3 is 10.1 Å². The lowest BCUT2D eigenvalue weighted by atomic mass is 10.2. The molecular formula is C17H21N3O2. The van der Waals surface area contributed by atoms with E-state index < -0.39 is 0 Å². The molecule has 0 unspecified atom stereocenters. The number of hydrogen-bond donors (Lipinski definition) is 1. The number of carbonyl (C=O) groups excluding carboxylic acids is 1. The monoisotopic (exact) mass is 299 g/mol. The largest absolute Gasteiger partial charge is 0.491 e. The summed E-state index contributed by atoms with van der Waals surface area (Å²) in [5.41, 5.74) is 2.11. The molecular weight excluding hydrogens is 278 g/mol. The smallest absolute Gasteiger partial charge is 0.274 e. The summed E-state index contributed by atoms with van der Waals surface area (Å²) in [6, 6.07) is 9.35. The maximum absolute atomic E-state index is 12.5. The van der Waals surface area contributed by atoms with Crippen molar-refractivity contribution in [3.8, 4) is 5.75 Å². The van der Waals surface area contributed by atoms with Crippen molar-refractivity contribution < 1.29 is 9.53 Å². The minimum Gasteiger partial charge on any atom is -0.491 e. The van der Waals surface area contributed by atoms with Gasteiger partial charge in [-0.15, -0.1) is 0 Å². The van der Waals surface area contributed by atoms with E-state index in [0.29, 0.717) is 23.8 Å². The minimum atomic E-state index is -0.162. The first kappa shape index (κ1) is 14.6. The highest BCUT2D eigenvalue weighted by Crippen LogP contribution is 2.31. The van der Waals surface area contributed by atoms with Crippen LogP contribution in [-0.4, -0.2) is 22.3 Å². The molecule has 0 bridgehead atoms. The number of aromatic nitrogens is 2. The van der Waals surface area contributed by atoms with Gasteiger partial charge in [-0.05, 0) is 50.8 Å². The van der Waals surface area contributed by atoms with Gasteiger partial charge in [0, 0.05) is 6.54 Å². The fraction of sp³-hybridized carbons (Fsp3) is 0.412. The molecule has 0 saturated heterocycles. The van der Waals surface area contributed by atoms with E-state index in [1.165, 1.54) is 12.8 Å². The maximum atomic E-state index is 12.5. The van der Waals surface area contributed by atoms with Gasteiger partial charge in [-0.2, -0.15) is 5.10 Å². The quantitative estimate of drug-likeness (QED) is 0.890. The maximum Gasteiger partial charge on any atom is 0.274 e. The van der Waals surface area contributed by atoms with E-state index in [1.807, 2.05) is 38.1 Å². The molecule has 1 aliphatic carbocycles. The summed E-state index contributed by atoms with van der Waals surface area (Å²) in [7, 11) is 0. The summed E-state index contributed by atoms with van der Waals surface area (Å²) in [6.07, 6.45) is 2.48. The topological polar surface area (TPSA) is 56.2 Å². The molecule has 22 heavy (non-hydrogen) atoms. The number of nitrogens with one attached hydrogen (secondary N) is 1. The fourth-order valence-electron chi connectivity index (χ4n) is 2.34.